The molecule has 0 spiro atoms. The number of nitrogens with zero attached hydrogens (tertiary/aromatic N) is 4. The summed E-state index contributed by atoms with van der Waals surface area (Å²) in [4.78, 5) is 18.8. The summed E-state index contributed by atoms with van der Waals surface area (Å²) < 4.78 is 16.2. The minimum Gasteiger partial charge on any atom is -0.337 e. The summed E-state index contributed by atoms with van der Waals surface area (Å²) >= 11 is 1.51. The van der Waals surface area contributed by atoms with Gasteiger partial charge in [-0.25, -0.2) is 14.1 Å². The van der Waals surface area contributed by atoms with Crippen LogP contribution in [-0.4, -0.2) is 32.6 Å². The molecule has 0 N–H and O–H groups in total. The molecule has 0 aliphatic carbocycles. The highest BCUT2D eigenvalue weighted by Crippen LogP contribution is 2.24. The van der Waals surface area contributed by atoms with E-state index in [1.807, 2.05) is 37.3 Å². The van der Waals surface area contributed by atoms with Crippen LogP contribution in [0.2, 0.25) is 0 Å². The molecule has 4 rings (SSSR count). The summed E-state index contributed by atoms with van der Waals surface area (Å²) in [7, 11) is 1.69. The zero-order chi connectivity index (χ0) is 19.0. The van der Waals surface area contributed by atoms with Crippen molar-refractivity contribution >= 4 is 27.5 Å². The Morgan fingerprint density at radius 3 is 2.85 bits per heavy atom. The molecule has 4 aromatic rings. The van der Waals surface area contributed by atoms with Crippen LogP contribution in [0.25, 0.3) is 15.3 Å². The van der Waals surface area contributed by atoms with Crippen LogP contribution in [0.15, 0.2) is 54.9 Å². The predicted octanol–water partition coefficient (Wildman–Crippen LogP) is 4.20. The predicted molar refractivity (Wildman–Crippen MR) is 104 cm³/mol. The van der Waals surface area contributed by atoms with Gasteiger partial charge < -0.3 is 4.90 Å². The zero-order valence-electron chi connectivity index (χ0n) is 14.9. The number of aryl methyl sites for hydroxylation is 1. The lowest BCUT2D eigenvalue weighted by Gasteiger charge is -2.16. The standard InChI is InChI=1S/C20H17FN4OS/c1-13-7-14(9-16(21)8-13)11-24(2)19(26)15-10-22-25(12-15)20-23-17-5-3-4-6-18(17)27-20/h3-10,12H,11H2,1-2H3. The Kier molecular flexibility index (Phi) is 4.45. The molecule has 2 heterocycles. The maximum Gasteiger partial charge on any atom is 0.257 e. The highest BCUT2D eigenvalue weighted by atomic mass is 32.1. The number of benzene rings is 2. The maximum atomic E-state index is 13.6. The van der Waals surface area contributed by atoms with Gasteiger partial charge in [0.2, 0.25) is 5.13 Å². The van der Waals surface area contributed by atoms with Crippen LogP contribution in [-0.2, 0) is 6.54 Å². The molecular formula is C20H17FN4OS. The van der Waals surface area contributed by atoms with E-state index in [2.05, 4.69) is 10.1 Å². The summed E-state index contributed by atoms with van der Waals surface area (Å²) in [6, 6.07) is 12.6. The van der Waals surface area contributed by atoms with E-state index in [4.69, 9.17) is 0 Å². The van der Waals surface area contributed by atoms with E-state index in [-0.39, 0.29) is 11.7 Å². The van der Waals surface area contributed by atoms with E-state index < -0.39 is 0 Å². The topological polar surface area (TPSA) is 51.0 Å². The van der Waals surface area contributed by atoms with Crippen molar-refractivity contribution in [2.45, 2.75) is 13.5 Å². The highest BCUT2D eigenvalue weighted by Gasteiger charge is 2.16. The molecule has 2 aromatic carbocycles. The summed E-state index contributed by atoms with van der Waals surface area (Å²) in [5.74, 6) is -0.473. The van der Waals surface area contributed by atoms with Crippen LogP contribution < -0.4 is 0 Å². The first-order valence-corrected chi connectivity index (χ1v) is 9.23. The summed E-state index contributed by atoms with van der Waals surface area (Å²) in [5.41, 5.74) is 2.95. The molecule has 0 saturated heterocycles. The fourth-order valence-electron chi connectivity index (χ4n) is 2.97. The first kappa shape index (κ1) is 17.4. The number of thiazole rings is 1. The van der Waals surface area contributed by atoms with Gasteiger partial charge in [-0.05, 0) is 42.3 Å². The third-order valence-corrected chi connectivity index (χ3v) is 5.20. The maximum absolute atomic E-state index is 13.6. The Morgan fingerprint density at radius 1 is 1.26 bits per heavy atom. The minimum absolute atomic E-state index is 0.177. The van der Waals surface area contributed by atoms with Gasteiger partial charge >= 0.3 is 0 Å². The van der Waals surface area contributed by atoms with Crippen LogP contribution in [0.4, 0.5) is 4.39 Å². The Balaban J connectivity index is 1.54. The molecule has 0 radical (unpaired) electrons. The molecule has 0 saturated carbocycles. The summed E-state index contributed by atoms with van der Waals surface area (Å²) in [6.45, 7) is 2.15. The van der Waals surface area contributed by atoms with Gasteiger partial charge in [0.15, 0.2) is 0 Å². The zero-order valence-corrected chi connectivity index (χ0v) is 15.7. The Morgan fingerprint density at radius 2 is 2.07 bits per heavy atom. The molecule has 1 amide bonds. The molecular weight excluding hydrogens is 363 g/mol. The highest BCUT2D eigenvalue weighted by molar-refractivity contribution is 7.20. The second kappa shape index (κ2) is 6.92. The van der Waals surface area contributed by atoms with Crippen LogP contribution in [0.5, 0.6) is 0 Å². The molecule has 0 aliphatic rings. The second-order valence-electron chi connectivity index (χ2n) is 6.44. The number of halogens is 1. The van der Waals surface area contributed by atoms with Gasteiger partial charge in [-0.3, -0.25) is 4.79 Å². The number of carbonyl (C=O) groups excluding carboxylic acids is 1. The normalized spacial score (nSPS) is 11.1. The van der Waals surface area contributed by atoms with Gasteiger partial charge in [0.05, 0.1) is 22.0 Å². The molecule has 136 valence electrons. The Labute approximate surface area is 159 Å². The van der Waals surface area contributed by atoms with E-state index in [9.17, 15) is 9.18 Å². The molecule has 0 aliphatic heterocycles. The van der Waals surface area contributed by atoms with Crippen molar-refractivity contribution in [1.82, 2.24) is 19.7 Å². The molecule has 2 aromatic heterocycles. The van der Waals surface area contributed by atoms with Gasteiger partial charge in [0.1, 0.15) is 5.82 Å². The number of amides is 1. The van der Waals surface area contributed by atoms with Gasteiger partial charge in [-0.15, -0.1) is 0 Å². The Bertz CT molecular complexity index is 1080. The monoisotopic (exact) mass is 380 g/mol. The van der Waals surface area contributed by atoms with E-state index >= 15 is 0 Å². The van der Waals surface area contributed by atoms with Crippen molar-refractivity contribution in [3.63, 3.8) is 0 Å². The number of rotatable bonds is 4. The van der Waals surface area contributed by atoms with E-state index in [0.717, 1.165) is 21.3 Å². The van der Waals surface area contributed by atoms with Crippen molar-refractivity contribution in [2.75, 3.05) is 7.05 Å². The molecule has 0 fully saturated rings. The third kappa shape index (κ3) is 3.59. The van der Waals surface area contributed by atoms with Gasteiger partial charge in [0, 0.05) is 19.8 Å². The Hall–Kier alpha value is -3.06. The lowest BCUT2D eigenvalue weighted by atomic mass is 10.1. The van der Waals surface area contributed by atoms with Crippen molar-refractivity contribution < 1.29 is 9.18 Å². The van der Waals surface area contributed by atoms with Crippen LogP contribution in [0.3, 0.4) is 0 Å². The number of hydrogen-bond donors (Lipinski definition) is 0. The average Bonchev–Trinajstić information content (AvgIpc) is 3.26. The van der Waals surface area contributed by atoms with Crippen LogP contribution in [0.1, 0.15) is 21.5 Å². The van der Waals surface area contributed by atoms with Crippen molar-refractivity contribution in [1.29, 1.82) is 0 Å². The molecule has 27 heavy (non-hydrogen) atoms. The summed E-state index contributed by atoms with van der Waals surface area (Å²) in [5, 5.41) is 4.98. The summed E-state index contributed by atoms with van der Waals surface area (Å²) in [6.07, 6.45) is 3.20. The van der Waals surface area contributed by atoms with Gasteiger partial charge in [0.25, 0.3) is 5.91 Å². The molecule has 7 heteroatoms. The van der Waals surface area contributed by atoms with Crippen molar-refractivity contribution in [2.24, 2.45) is 0 Å². The van der Waals surface area contributed by atoms with E-state index in [1.165, 1.54) is 29.7 Å². The smallest absolute Gasteiger partial charge is 0.257 e. The van der Waals surface area contributed by atoms with Crippen LogP contribution >= 0.6 is 11.3 Å². The van der Waals surface area contributed by atoms with Crippen molar-refractivity contribution in [3.8, 4) is 5.13 Å². The molecule has 0 bridgehead atoms. The molecule has 0 atom stereocenters. The minimum atomic E-state index is -0.297. The number of aromatic nitrogens is 3. The number of para-hydroxylation sites is 1. The van der Waals surface area contributed by atoms with Gasteiger partial charge in [-0.2, -0.15) is 5.10 Å². The average molecular weight is 380 g/mol. The quantitative estimate of drug-likeness (QED) is 0.533. The number of carbonyl (C=O) groups is 1. The number of hydrogen-bond acceptors (Lipinski definition) is 4. The molecule has 0 unspecified atom stereocenters. The van der Waals surface area contributed by atoms with Gasteiger partial charge in [-0.1, -0.05) is 29.5 Å². The second-order valence-corrected chi connectivity index (χ2v) is 7.44. The van der Waals surface area contributed by atoms with Crippen molar-refractivity contribution in [3.05, 3.63) is 77.4 Å². The fourth-order valence-corrected chi connectivity index (χ4v) is 3.86. The lowest BCUT2D eigenvalue weighted by Crippen LogP contribution is -2.26. The first-order chi connectivity index (χ1) is 13.0. The van der Waals surface area contributed by atoms with Crippen LogP contribution in [0, 0.1) is 12.7 Å². The lowest BCUT2D eigenvalue weighted by molar-refractivity contribution is 0.0785. The first-order valence-electron chi connectivity index (χ1n) is 8.42. The largest absolute Gasteiger partial charge is 0.337 e. The van der Waals surface area contributed by atoms with E-state index in [1.54, 1.807) is 22.8 Å². The number of fused-ring (bicyclic) bond motifs is 1. The third-order valence-electron chi connectivity index (χ3n) is 4.18. The SMILES string of the molecule is Cc1cc(F)cc(CN(C)C(=O)c2cnn(-c3nc4ccccc4s3)c2)c1. The fraction of sp³-hybridized carbons (Fsp3) is 0.150. The molecule has 5 nitrogen and oxygen atoms in total. The van der Waals surface area contributed by atoms with E-state index in [0.29, 0.717) is 17.2 Å².